The van der Waals surface area contributed by atoms with Gasteiger partial charge in [0, 0.05) is 37.8 Å². The molecule has 1 aliphatic heterocycles. The highest BCUT2D eigenvalue weighted by atomic mass is 16.1. The molecule has 136 valence electrons. The summed E-state index contributed by atoms with van der Waals surface area (Å²) in [6.07, 6.45) is 6.14. The van der Waals surface area contributed by atoms with Crippen LogP contribution in [0.4, 0.5) is 0 Å². The topological polar surface area (TPSA) is 45.2 Å². The van der Waals surface area contributed by atoms with Crippen LogP contribution in [-0.2, 0) is 6.54 Å². The van der Waals surface area contributed by atoms with Gasteiger partial charge in [-0.3, -0.25) is 14.7 Å². The van der Waals surface area contributed by atoms with E-state index < -0.39 is 0 Å². The fourth-order valence-corrected chi connectivity index (χ4v) is 3.82. The summed E-state index contributed by atoms with van der Waals surface area (Å²) in [5.74, 6) is 0.547. The van der Waals surface area contributed by atoms with Gasteiger partial charge in [0.1, 0.15) is 0 Å². The van der Waals surface area contributed by atoms with E-state index in [1.54, 1.807) is 6.20 Å². The lowest BCUT2D eigenvalue weighted by molar-refractivity contribution is 0.0907. The van der Waals surface area contributed by atoms with Crippen LogP contribution < -0.4 is 5.32 Å². The Kier molecular flexibility index (Phi) is 5.02. The number of aromatic nitrogens is 1. The Labute approximate surface area is 155 Å². The minimum Gasteiger partial charge on any atom is -0.349 e. The second-order valence-electron chi connectivity index (χ2n) is 7.66. The van der Waals surface area contributed by atoms with E-state index in [0.717, 1.165) is 56.6 Å². The number of pyridine rings is 1. The zero-order chi connectivity index (χ0) is 17.9. The number of nitrogens with zero attached hydrogens (tertiary/aromatic N) is 2. The minimum atomic E-state index is 0.0531. The van der Waals surface area contributed by atoms with Gasteiger partial charge in [-0.2, -0.15) is 0 Å². The van der Waals surface area contributed by atoms with Crippen molar-refractivity contribution in [1.82, 2.24) is 15.2 Å². The Balaban J connectivity index is 1.31. The third kappa shape index (κ3) is 3.96. The summed E-state index contributed by atoms with van der Waals surface area (Å²) in [7, 11) is 0. The Bertz CT molecular complexity index is 776. The molecule has 1 amide bonds. The van der Waals surface area contributed by atoms with Gasteiger partial charge in [0.05, 0.1) is 11.3 Å². The highest BCUT2D eigenvalue weighted by Crippen LogP contribution is 2.40. The average Bonchev–Trinajstić information content (AvgIpc) is 3.50. The Hall–Kier alpha value is -2.20. The molecule has 2 heterocycles. The van der Waals surface area contributed by atoms with E-state index in [2.05, 4.69) is 46.4 Å². The highest BCUT2D eigenvalue weighted by Gasteiger charge is 2.30. The molecule has 0 bridgehead atoms. The quantitative estimate of drug-likeness (QED) is 0.896. The first kappa shape index (κ1) is 17.2. The number of rotatable bonds is 5. The van der Waals surface area contributed by atoms with Gasteiger partial charge in [-0.05, 0) is 55.9 Å². The summed E-state index contributed by atoms with van der Waals surface area (Å²) in [5.41, 5.74) is 4.52. The molecule has 0 radical (unpaired) electrons. The van der Waals surface area contributed by atoms with Crippen LogP contribution in [0.3, 0.4) is 0 Å². The van der Waals surface area contributed by atoms with Crippen molar-refractivity contribution < 1.29 is 4.79 Å². The van der Waals surface area contributed by atoms with Crippen molar-refractivity contribution in [2.24, 2.45) is 0 Å². The van der Waals surface area contributed by atoms with E-state index in [0.29, 0.717) is 5.92 Å². The average molecular weight is 349 g/mol. The van der Waals surface area contributed by atoms with E-state index in [1.165, 1.54) is 11.1 Å². The molecule has 1 aromatic carbocycles. The highest BCUT2D eigenvalue weighted by molar-refractivity contribution is 5.95. The summed E-state index contributed by atoms with van der Waals surface area (Å²) < 4.78 is 0. The van der Waals surface area contributed by atoms with Crippen LogP contribution in [0.15, 0.2) is 42.6 Å². The summed E-state index contributed by atoms with van der Waals surface area (Å²) >= 11 is 0. The van der Waals surface area contributed by atoms with Gasteiger partial charge in [-0.1, -0.05) is 24.3 Å². The van der Waals surface area contributed by atoms with Crippen molar-refractivity contribution in [2.75, 3.05) is 13.1 Å². The first-order valence-corrected chi connectivity index (χ1v) is 9.73. The fraction of sp³-hybridized carbons (Fsp3) is 0.455. The predicted octanol–water partition coefficient (Wildman–Crippen LogP) is 3.66. The second kappa shape index (κ2) is 7.58. The lowest BCUT2D eigenvalue weighted by atomic mass is 10.0. The molecule has 4 rings (SSSR count). The Morgan fingerprint density at radius 3 is 2.62 bits per heavy atom. The van der Waals surface area contributed by atoms with E-state index in [-0.39, 0.29) is 11.9 Å². The fourth-order valence-electron chi connectivity index (χ4n) is 3.82. The van der Waals surface area contributed by atoms with Gasteiger partial charge in [0.25, 0.3) is 5.91 Å². The Morgan fingerprint density at radius 2 is 1.88 bits per heavy atom. The second-order valence-corrected chi connectivity index (χ2v) is 7.66. The van der Waals surface area contributed by atoms with E-state index in [9.17, 15) is 4.79 Å². The molecular weight excluding hydrogens is 322 g/mol. The molecule has 0 unspecified atom stereocenters. The lowest BCUT2D eigenvalue weighted by Gasteiger charge is -2.32. The molecule has 4 heteroatoms. The Morgan fingerprint density at radius 1 is 1.12 bits per heavy atom. The number of nitrogens with one attached hydrogen (secondary N) is 1. The van der Waals surface area contributed by atoms with Crippen molar-refractivity contribution in [3.8, 4) is 0 Å². The normalized spacial score (nSPS) is 18.7. The smallest absolute Gasteiger partial charge is 0.253 e. The third-order valence-electron chi connectivity index (χ3n) is 5.63. The van der Waals surface area contributed by atoms with Gasteiger partial charge in [-0.25, -0.2) is 0 Å². The van der Waals surface area contributed by atoms with Crippen LogP contribution in [0.2, 0.25) is 0 Å². The number of carbonyl (C=O) groups is 1. The van der Waals surface area contributed by atoms with E-state index >= 15 is 0 Å². The monoisotopic (exact) mass is 349 g/mol. The molecule has 2 fully saturated rings. The third-order valence-corrected chi connectivity index (χ3v) is 5.63. The standard InChI is InChI=1S/C22H27N3O/c1-16-5-2-3-6-18(16)15-25-13-10-19(11-14-25)24-22(26)20-7-4-12-23-21(20)17-8-9-17/h2-7,12,17,19H,8-11,13-15H2,1H3,(H,24,26). The first-order valence-electron chi connectivity index (χ1n) is 9.73. The molecule has 2 aliphatic rings. The summed E-state index contributed by atoms with van der Waals surface area (Å²) in [6.45, 7) is 5.24. The van der Waals surface area contributed by atoms with Crippen molar-refractivity contribution in [2.45, 2.75) is 51.1 Å². The van der Waals surface area contributed by atoms with Gasteiger partial charge in [-0.15, -0.1) is 0 Å². The van der Waals surface area contributed by atoms with Gasteiger partial charge in [0.15, 0.2) is 0 Å². The molecular formula is C22H27N3O. The number of carbonyl (C=O) groups excluding carboxylic acids is 1. The summed E-state index contributed by atoms with van der Waals surface area (Å²) in [4.78, 5) is 19.7. The van der Waals surface area contributed by atoms with Crippen molar-refractivity contribution in [3.63, 3.8) is 0 Å². The van der Waals surface area contributed by atoms with Crippen LogP contribution in [0, 0.1) is 6.92 Å². The van der Waals surface area contributed by atoms with Crippen molar-refractivity contribution in [3.05, 3.63) is 65.0 Å². The SMILES string of the molecule is Cc1ccccc1CN1CCC(NC(=O)c2cccnc2C2CC2)CC1. The number of likely N-dealkylation sites (tertiary alicyclic amines) is 1. The van der Waals surface area contributed by atoms with Gasteiger partial charge < -0.3 is 5.32 Å². The van der Waals surface area contributed by atoms with Crippen LogP contribution in [0.5, 0.6) is 0 Å². The number of piperidine rings is 1. The summed E-state index contributed by atoms with van der Waals surface area (Å²) in [6, 6.07) is 12.6. The van der Waals surface area contributed by atoms with Gasteiger partial charge >= 0.3 is 0 Å². The summed E-state index contributed by atoms with van der Waals surface area (Å²) in [5, 5.41) is 3.25. The molecule has 2 aromatic rings. The van der Waals surface area contributed by atoms with E-state index in [4.69, 9.17) is 0 Å². The molecule has 26 heavy (non-hydrogen) atoms. The molecule has 4 nitrogen and oxygen atoms in total. The van der Waals surface area contributed by atoms with Crippen molar-refractivity contribution >= 4 is 5.91 Å². The first-order chi connectivity index (χ1) is 12.7. The maximum Gasteiger partial charge on any atom is 0.253 e. The maximum atomic E-state index is 12.7. The van der Waals surface area contributed by atoms with Crippen molar-refractivity contribution in [1.29, 1.82) is 0 Å². The van der Waals surface area contributed by atoms with Crippen LogP contribution >= 0.6 is 0 Å². The molecule has 1 saturated carbocycles. The number of hydrogen-bond donors (Lipinski definition) is 1. The number of hydrogen-bond acceptors (Lipinski definition) is 3. The molecule has 1 N–H and O–H groups in total. The zero-order valence-electron chi connectivity index (χ0n) is 15.4. The predicted molar refractivity (Wildman–Crippen MR) is 103 cm³/mol. The maximum absolute atomic E-state index is 12.7. The van der Waals surface area contributed by atoms with Crippen LogP contribution in [-0.4, -0.2) is 34.9 Å². The largest absolute Gasteiger partial charge is 0.349 e. The van der Waals surface area contributed by atoms with Crippen LogP contribution in [0.1, 0.15) is 58.8 Å². The molecule has 1 saturated heterocycles. The molecule has 0 atom stereocenters. The number of benzene rings is 1. The molecule has 1 aliphatic carbocycles. The molecule has 1 aromatic heterocycles. The molecule has 0 spiro atoms. The number of aryl methyl sites for hydroxylation is 1. The van der Waals surface area contributed by atoms with E-state index in [1.807, 2.05) is 12.1 Å². The minimum absolute atomic E-state index is 0.0531. The van der Waals surface area contributed by atoms with Crippen LogP contribution in [0.25, 0.3) is 0 Å². The van der Waals surface area contributed by atoms with Gasteiger partial charge in [0.2, 0.25) is 0 Å². The zero-order valence-corrected chi connectivity index (χ0v) is 15.4. The lowest BCUT2D eigenvalue weighted by Crippen LogP contribution is -2.44. The number of amides is 1.